The maximum absolute atomic E-state index is 11.8. The first-order chi connectivity index (χ1) is 7.86. The number of benzene rings is 1. The molecule has 0 aromatic heterocycles. The van der Waals surface area contributed by atoms with E-state index in [2.05, 4.69) is 5.32 Å². The lowest BCUT2D eigenvalue weighted by atomic mass is 10.2. The van der Waals surface area contributed by atoms with Crippen molar-refractivity contribution in [1.29, 1.82) is 0 Å². The van der Waals surface area contributed by atoms with E-state index in [4.69, 9.17) is 39.5 Å². The van der Waals surface area contributed by atoms with E-state index >= 15 is 0 Å². The van der Waals surface area contributed by atoms with Crippen LogP contribution in [-0.4, -0.2) is 28.1 Å². The van der Waals surface area contributed by atoms with Gasteiger partial charge in [-0.1, -0.05) is 46.9 Å². The lowest BCUT2D eigenvalue weighted by Crippen LogP contribution is -2.43. The second-order valence-corrected chi connectivity index (χ2v) is 5.49. The fourth-order valence-electron chi connectivity index (χ4n) is 1.12. The average Bonchev–Trinajstić information content (AvgIpc) is 2.27. The fourth-order valence-corrected chi connectivity index (χ4v) is 1.28. The molecule has 17 heavy (non-hydrogen) atoms. The van der Waals surface area contributed by atoms with Crippen LogP contribution in [0, 0.1) is 0 Å². The van der Waals surface area contributed by atoms with Gasteiger partial charge in [0.1, 0.15) is 5.75 Å². The molecule has 0 aliphatic heterocycles. The number of ether oxygens (including phenoxy) is 1. The molecule has 0 saturated carbocycles. The van der Waals surface area contributed by atoms with Crippen molar-refractivity contribution >= 4 is 40.7 Å². The van der Waals surface area contributed by atoms with Crippen LogP contribution in [0.1, 0.15) is 10.4 Å². The monoisotopic (exact) mass is 297 g/mol. The summed E-state index contributed by atoms with van der Waals surface area (Å²) in [6, 6.07) is 6.50. The van der Waals surface area contributed by atoms with E-state index in [-0.39, 0.29) is 5.56 Å². The molecule has 1 atom stereocenters. The van der Waals surface area contributed by atoms with Crippen LogP contribution in [0.4, 0.5) is 0 Å². The Morgan fingerprint density at radius 1 is 1.41 bits per heavy atom. The van der Waals surface area contributed by atoms with Crippen LogP contribution in [0.25, 0.3) is 0 Å². The number of alkyl halides is 3. The Kier molecular flexibility index (Phi) is 4.89. The number of hydrogen-bond donors (Lipinski definition) is 2. The van der Waals surface area contributed by atoms with Crippen LogP contribution in [0.5, 0.6) is 5.75 Å². The number of halogens is 3. The Bertz CT molecular complexity index is 406. The molecule has 0 saturated heterocycles. The van der Waals surface area contributed by atoms with Crippen molar-refractivity contribution in [3.8, 4) is 5.75 Å². The quantitative estimate of drug-likeness (QED) is 0.664. The fraction of sp³-hybridized carbons (Fsp3) is 0.300. The average molecular weight is 299 g/mol. The zero-order valence-corrected chi connectivity index (χ0v) is 11.1. The van der Waals surface area contributed by atoms with Gasteiger partial charge in [-0.15, -0.1) is 0 Å². The summed E-state index contributed by atoms with van der Waals surface area (Å²) in [6.07, 6.45) is -1.61. The molecule has 0 aliphatic carbocycles. The Labute approximate surface area is 113 Å². The second kappa shape index (κ2) is 5.78. The highest BCUT2D eigenvalue weighted by Crippen LogP contribution is 2.29. The predicted octanol–water partition coefficient (Wildman–Crippen LogP) is 2.11. The van der Waals surface area contributed by atoms with Crippen LogP contribution < -0.4 is 10.1 Å². The van der Waals surface area contributed by atoms with Crippen LogP contribution in [0.3, 0.4) is 0 Å². The van der Waals surface area contributed by atoms with Gasteiger partial charge in [-0.3, -0.25) is 4.79 Å². The second-order valence-electron chi connectivity index (χ2n) is 3.12. The molecule has 0 aliphatic rings. The van der Waals surface area contributed by atoms with Gasteiger partial charge in [0.15, 0.2) is 6.23 Å². The topological polar surface area (TPSA) is 58.6 Å². The number of aliphatic hydroxyl groups is 1. The van der Waals surface area contributed by atoms with Gasteiger partial charge in [0, 0.05) is 0 Å². The van der Waals surface area contributed by atoms with Crippen molar-refractivity contribution in [3.05, 3.63) is 29.8 Å². The maximum Gasteiger partial charge on any atom is 0.257 e. The molecular weight excluding hydrogens is 288 g/mol. The number of carbonyl (C=O) groups is 1. The summed E-state index contributed by atoms with van der Waals surface area (Å²) < 4.78 is 3.00. The Morgan fingerprint density at radius 2 is 2.00 bits per heavy atom. The summed E-state index contributed by atoms with van der Waals surface area (Å²) in [5, 5.41) is 11.6. The van der Waals surface area contributed by atoms with Crippen molar-refractivity contribution < 1.29 is 14.6 Å². The SMILES string of the molecule is COc1ccccc1C(=O)N[C@H](O)C(Cl)(Cl)Cl. The molecule has 4 nitrogen and oxygen atoms in total. The number of para-hydroxylation sites is 1. The molecule has 1 amide bonds. The number of carbonyl (C=O) groups excluding carboxylic acids is 1. The molecule has 94 valence electrons. The van der Waals surface area contributed by atoms with E-state index in [0.29, 0.717) is 5.75 Å². The molecular formula is C10H10Cl3NO3. The minimum Gasteiger partial charge on any atom is -0.496 e. The van der Waals surface area contributed by atoms with Gasteiger partial charge in [0.25, 0.3) is 5.91 Å². The highest BCUT2D eigenvalue weighted by Gasteiger charge is 2.32. The van der Waals surface area contributed by atoms with Gasteiger partial charge in [-0.05, 0) is 12.1 Å². The number of hydrogen-bond acceptors (Lipinski definition) is 3. The Hall–Kier alpha value is -0.680. The van der Waals surface area contributed by atoms with E-state index in [1.807, 2.05) is 0 Å². The van der Waals surface area contributed by atoms with Crippen LogP contribution >= 0.6 is 34.8 Å². The summed E-state index contributed by atoms with van der Waals surface area (Å²) in [5.74, 6) is -0.234. The molecule has 0 bridgehead atoms. The number of aliphatic hydroxyl groups excluding tert-OH is 1. The number of amides is 1. The van der Waals surface area contributed by atoms with Crippen molar-refractivity contribution in [2.75, 3.05) is 7.11 Å². The van der Waals surface area contributed by atoms with Crippen molar-refractivity contribution in [1.82, 2.24) is 5.32 Å². The van der Waals surface area contributed by atoms with Gasteiger partial charge >= 0.3 is 0 Å². The largest absolute Gasteiger partial charge is 0.496 e. The van der Waals surface area contributed by atoms with Crippen molar-refractivity contribution in [2.45, 2.75) is 10.0 Å². The van der Waals surface area contributed by atoms with Gasteiger partial charge in [-0.25, -0.2) is 0 Å². The van der Waals surface area contributed by atoms with Gasteiger partial charge in [0.05, 0.1) is 12.7 Å². The summed E-state index contributed by atoms with van der Waals surface area (Å²) in [5.41, 5.74) is 0.239. The first-order valence-corrected chi connectivity index (χ1v) is 5.68. The zero-order valence-electron chi connectivity index (χ0n) is 8.78. The van der Waals surface area contributed by atoms with Gasteiger partial charge in [0.2, 0.25) is 3.79 Å². The van der Waals surface area contributed by atoms with E-state index in [0.717, 1.165) is 0 Å². The van der Waals surface area contributed by atoms with E-state index in [1.165, 1.54) is 13.2 Å². The van der Waals surface area contributed by atoms with Crippen LogP contribution in [0.15, 0.2) is 24.3 Å². The number of rotatable bonds is 3. The third-order valence-electron chi connectivity index (χ3n) is 1.93. The summed E-state index contributed by atoms with van der Waals surface area (Å²) >= 11 is 16.3. The molecule has 1 rings (SSSR count). The zero-order chi connectivity index (χ0) is 13.1. The molecule has 1 aromatic rings. The van der Waals surface area contributed by atoms with E-state index < -0.39 is 15.9 Å². The Morgan fingerprint density at radius 3 is 2.53 bits per heavy atom. The minimum absolute atomic E-state index is 0.239. The number of nitrogens with one attached hydrogen (secondary N) is 1. The lowest BCUT2D eigenvalue weighted by molar-refractivity contribution is 0.0789. The normalized spacial score (nSPS) is 13.0. The van der Waals surface area contributed by atoms with Crippen LogP contribution in [0.2, 0.25) is 0 Å². The Balaban J connectivity index is 2.84. The minimum atomic E-state index is -1.99. The maximum atomic E-state index is 11.8. The molecule has 1 aromatic carbocycles. The number of methoxy groups -OCH3 is 1. The van der Waals surface area contributed by atoms with E-state index in [9.17, 15) is 9.90 Å². The smallest absolute Gasteiger partial charge is 0.257 e. The van der Waals surface area contributed by atoms with E-state index in [1.54, 1.807) is 18.2 Å². The molecule has 0 spiro atoms. The lowest BCUT2D eigenvalue weighted by Gasteiger charge is -2.20. The highest BCUT2D eigenvalue weighted by molar-refractivity contribution is 6.68. The molecule has 0 fully saturated rings. The summed E-state index contributed by atoms with van der Waals surface area (Å²) in [4.78, 5) is 11.8. The summed E-state index contributed by atoms with van der Waals surface area (Å²) in [6.45, 7) is 0. The first-order valence-electron chi connectivity index (χ1n) is 4.55. The standard InChI is InChI=1S/C10H10Cl3NO3/c1-17-7-5-3-2-4-6(7)8(15)14-9(16)10(11,12)13/h2-5,9,16H,1H3,(H,14,15)/t9-/m1/s1. The van der Waals surface area contributed by atoms with Crippen molar-refractivity contribution in [2.24, 2.45) is 0 Å². The van der Waals surface area contributed by atoms with Gasteiger partial charge in [-0.2, -0.15) is 0 Å². The molecule has 0 heterocycles. The molecule has 0 unspecified atom stereocenters. The third kappa shape index (κ3) is 3.92. The van der Waals surface area contributed by atoms with Gasteiger partial charge < -0.3 is 15.2 Å². The molecule has 2 N–H and O–H groups in total. The predicted molar refractivity (Wildman–Crippen MR) is 66.8 cm³/mol. The van der Waals surface area contributed by atoms with Crippen LogP contribution in [-0.2, 0) is 0 Å². The molecule has 7 heteroatoms. The highest BCUT2D eigenvalue weighted by atomic mass is 35.6. The summed E-state index contributed by atoms with van der Waals surface area (Å²) in [7, 11) is 1.43. The molecule has 0 radical (unpaired) electrons. The van der Waals surface area contributed by atoms with Crippen molar-refractivity contribution in [3.63, 3.8) is 0 Å². The first kappa shape index (κ1) is 14.4. The third-order valence-corrected chi connectivity index (χ3v) is 2.55.